The molecule has 7 heteroatoms. The third-order valence-corrected chi connectivity index (χ3v) is 3.93. The van der Waals surface area contributed by atoms with E-state index in [0.29, 0.717) is 33.4 Å². The molecule has 1 aromatic carbocycles. The van der Waals surface area contributed by atoms with Crippen LogP contribution >= 0.6 is 22.9 Å². The standard InChI is InChI=1S/C14H14ClN3O2S/c1-3-16-13(19)10-6-9(15)4-5-11(10)18-14(20)12-8(2)17-7-21-12/h4-7H,3H2,1-2H3,(H,16,19)(H,18,20). The lowest BCUT2D eigenvalue weighted by Crippen LogP contribution is -2.24. The first-order chi connectivity index (χ1) is 10.0. The fourth-order valence-corrected chi connectivity index (χ4v) is 2.64. The van der Waals surface area contributed by atoms with Gasteiger partial charge in [-0.1, -0.05) is 11.6 Å². The van der Waals surface area contributed by atoms with Gasteiger partial charge in [-0.3, -0.25) is 9.59 Å². The molecule has 0 fully saturated rings. The molecule has 0 aliphatic rings. The summed E-state index contributed by atoms with van der Waals surface area (Å²) >= 11 is 7.18. The smallest absolute Gasteiger partial charge is 0.267 e. The summed E-state index contributed by atoms with van der Waals surface area (Å²) < 4.78 is 0. The van der Waals surface area contributed by atoms with Gasteiger partial charge in [0.25, 0.3) is 11.8 Å². The molecule has 0 aliphatic carbocycles. The predicted octanol–water partition coefficient (Wildman–Crippen LogP) is 3.11. The number of carbonyl (C=O) groups excluding carboxylic acids is 2. The van der Waals surface area contributed by atoms with E-state index < -0.39 is 0 Å². The first-order valence-corrected chi connectivity index (χ1v) is 7.58. The Hall–Kier alpha value is -1.92. The van der Waals surface area contributed by atoms with Crippen LogP contribution in [0, 0.1) is 6.92 Å². The van der Waals surface area contributed by atoms with Gasteiger partial charge in [0.05, 0.1) is 22.5 Å². The zero-order chi connectivity index (χ0) is 15.4. The Morgan fingerprint density at radius 1 is 1.33 bits per heavy atom. The molecule has 2 amide bonds. The molecule has 5 nitrogen and oxygen atoms in total. The number of carbonyl (C=O) groups is 2. The van der Waals surface area contributed by atoms with E-state index in [9.17, 15) is 9.59 Å². The van der Waals surface area contributed by atoms with Gasteiger partial charge in [0.15, 0.2) is 0 Å². The third-order valence-electron chi connectivity index (χ3n) is 2.76. The fraction of sp³-hybridized carbons (Fsp3) is 0.214. The van der Waals surface area contributed by atoms with Crippen molar-refractivity contribution in [2.75, 3.05) is 11.9 Å². The van der Waals surface area contributed by atoms with Crippen LogP contribution in [0.15, 0.2) is 23.7 Å². The minimum atomic E-state index is -0.289. The second kappa shape index (κ2) is 6.69. The van der Waals surface area contributed by atoms with Crippen LogP contribution in [0.1, 0.15) is 32.6 Å². The number of anilines is 1. The van der Waals surface area contributed by atoms with Crippen molar-refractivity contribution >= 4 is 40.4 Å². The first kappa shape index (κ1) is 15.5. The first-order valence-electron chi connectivity index (χ1n) is 6.32. The number of thiazole rings is 1. The summed E-state index contributed by atoms with van der Waals surface area (Å²) in [5, 5.41) is 5.86. The highest BCUT2D eigenvalue weighted by atomic mass is 35.5. The summed E-state index contributed by atoms with van der Waals surface area (Å²) in [6, 6.07) is 4.77. The number of nitrogens with zero attached hydrogens (tertiary/aromatic N) is 1. The van der Waals surface area contributed by atoms with Crippen LogP contribution in [-0.2, 0) is 0 Å². The zero-order valence-corrected chi connectivity index (χ0v) is 13.1. The molecule has 0 radical (unpaired) electrons. The van der Waals surface area contributed by atoms with Gasteiger partial charge in [-0.25, -0.2) is 4.98 Å². The number of nitrogens with one attached hydrogen (secondary N) is 2. The average Bonchev–Trinajstić information content (AvgIpc) is 2.87. The Morgan fingerprint density at radius 3 is 2.71 bits per heavy atom. The summed E-state index contributed by atoms with van der Waals surface area (Å²) in [4.78, 5) is 28.8. The monoisotopic (exact) mass is 323 g/mol. The number of benzene rings is 1. The van der Waals surface area contributed by atoms with Crippen molar-refractivity contribution in [1.29, 1.82) is 0 Å². The van der Waals surface area contributed by atoms with Crippen LogP contribution in [0.2, 0.25) is 5.02 Å². The summed E-state index contributed by atoms with van der Waals surface area (Å²) in [5.74, 6) is -0.570. The molecule has 2 rings (SSSR count). The molecule has 0 saturated carbocycles. The third kappa shape index (κ3) is 3.59. The lowest BCUT2D eigenvalue weighted by atomic mass is 10.1. The van der Waals surface area contributed by atoms with E-state index in [1.165, 1.54) is 17.4 Å². The summed E-state index contributed by atoms with van der Waals surface area (Å²) in [6.07, 6.45) is 0. The largest absolute Gasteiger partial charge is 0.352 e. The van der Waals surface area contributed by atoms with E-state index in [0.717, 1.165) is 0 Å². The van der Waals surface area contributed by atoms with Crippen LogP contribution in [-0.4, -0.2) is 23.3 Å². The molecule has 2 aromatic rings. The lowest BCUT2D eigenvalue weighted by molar-refractivity contribution is 0.0956. The van der Waals surface area contributed by atoms with E-state index in [2.05, 4.69) is 15.6 Å². The number of hydrogen-bond donors (Lipinski definition) is 2. The Kier molecular flexibility index (Phi) is 4.93. The number of halogens is 1. The van der Waals surface area contributed by atoms with Gasteiger partial charge in [0, 0.05) is 11.6 Å². The van der Waals surface area contributed by atoms with Crippen molar-refractivity contribution in [2.45, 2.75) is 13.8 Å². The predicted molar refractivity (Wildman–Crippen MR) is 84.3 cm³/mol. The highest BCUT2D eigenvalue weighted by molar-refractivity contribution is 7.12. The topological polar surface area (TPSA) is 71.1 Å². The van der Waals surface area contributed by atoms with Gasteiger partial charge in [-0.2, -0.15) is 0 Å². The highest BCUT2D eigenvalue weighted by Gasteiger charge is 2.17. The van der Waals surface area contributed by atoms with Gasteiger partial charge in [0.2, 0.25) is 0 Å². The molecule has 0 unspecified atom stereocenters. The molecule has 0 bridgehead atoms. The normalized spacial score (nSPS) is 10.2. The van der Waals surface area contributed by atoms with E-state index in [1.807, 2.05) is 6.92 Å². The van der Waals surface area contributed by atoms with Gasteiger partial charge < -0.3 is 10.6 Å². The lowest BCUT2D eigenvalue weighted by Gasteiger charge is -2.11. The number of rotatable bonds is 4. The van der Waals surface area contributed by atoms with E-state index in [1.54, 1.807) is 24.6 Å². The quantitative estimate of drug-likeness (QED) is 0.908. The van der Waals surface area contributed by atoms with Crippen molar-refractivity contribution < 1.29 is 9.59 Å². The molecule has 0 spiro atoms. The molecule has 2 N–H and O–H groups in total. The molecule has 110 valence electrons. The Bertz CT molecular complexity index is 685. The van der Waals surface area contributed by atoms with Gasteiger partial charge in [0.1, 0.15) is 4.88 Å². The second-order valence-electron chi connectivity index (χ2n) is 4.27. The minimum Gasteiger partial charge on any atom is -0.352 e. The molecule has 0 atom stereocenters. The van der Waals surface area contributed by atoms with Crippen LogP contribution in [0.3, 0.4) is 0 Å². The van der Waals surface area contributed by atoms with Crippen molar-refractivity contribution in [2.24, 2.45) is 0 Å². The number of aryl methyl sites for hydroxylation is 1. The number of aromatic nitrogens is 1. The molecule has 21 heavy (non-hydrogen) atoms. The van der Waals surface area contributed by atoms with Crippen molar-refractivity contribution in [3.63, 3.8) is 0 Å². The average molecular weight is 324 g/mol. The van der Waals surface area contributed by atoms with Crippen LogP contribution in [0.4, 0.5) is 5.69 Å². The highest BCUT2D eigenvalue weighted by Crippen LogP contribution is 2.22. The minimum absolute atomic E-state index is 0.281. The zero-order valence-electron chi connectivity index (χ0n) is 11.6. The second-order valence-corrected chi connectivity index (χ2v) is 5.56. The number of hydrogen-bond acceptors (Lipinski definition) is 4. The van der Waals surface area contributed by atoms with Crippen LogP contribution < -0.4 is 10.6 Å². The van der Waals surface area contributed by atoms with E-state index >= 15 is 0 Å². The van der Waals surface area contributed by atoms with Crippen molar-refractivity contribution in [3.8, 4) is 0 Å². The molecule has 1 heterocycles. The SMILES string of the molecule is CCNC(=O)c1cc(Cl)ccc1NC(=O)c1scnc1C. The number of amides is 2. The Morgan fingerprint density at radius 2 is 2.10 bits per heavy atom. The van der Waals surface area contributed by atoms with Crippen LogP contribution in [0.5, 0.6) is 0 Å². The molecule has 0 aliphatic heterocycles. The van der Waals surface area contributed by atoms with Gasteiger partial charge >= 0.3 is 0 Å². The Balaban J connectivity index is 2.29. The van der Waals surface area contributed by atoms with E-state index in [-0.39, 0.29) is 11.8 Å². The maximum absolute atomic E-state index is 12.2. The summed E-state index contributed by atoms with van der Waals surface area (Å²) in [6.45, 7) is 4.08. The molecular weight excluding hydrogens is 310 g/mol. The molecular formula is C14H14ClN3O2S. The summed E-state index contributed by atoms with van der Waals surface area (Å²) in [5.41, 5.74) is 3.02. The van der Waals surface area contributed by atoms with Crippen molar-refractivity contribution in [3.05, 3.63) is 44.9 Å². The van der Waals surface area contributed by atoms with E-state index in [4.69, 9.17) is 11.6 Å². The molecule has 0 saturated heterocycles. The van der Waals surface area contributed by atoms with Gasteiger partial charge in [-0.15, -0.1) is 11.3 Å². The molecule has 1 aromatic heterocycles. The fourth-order valence-electron chi connectivity index (χ4n) is 1.77. The van der Waals surface area contributed by atoms with Crippen molar-refractivity contribution in [1.82, 2.24) is 10.3 Å². The summed E-state index contributed by atoms with van der Waals surface area (Å²) in [7, 11) is 0. The maximum Gasteiger partial charge on any atom is 0.267 e. The van der Waals surface area contributed by atoms with Crippen LogP contribution in [0.25, 0.3) is 0 Å². The Labute approximate surface area is 131 Å². The van der Waals surface area contributed by atoms with Gasteiger partial charge in [-0.05, 0) is 32.0 Å². The maximum atomic E-state index is 12.2.